The van der Waals surface area contributed by atoms with Gasteiger partial charge in [0.25, 0.3) is 0 Å². The molecule has 0 radical (unpaired) electrons. The largest absolute Gasteiger partial charge is 0.497 e. The summed E-state index contributed by atoms with van der Waals surface area (Å²) in [4.78, 5) is 28.5. The minimum absolute atomic E-state index is 0.0328. The van der Waals surface area contributed by atoms with Crippen LogP contribution in [-0.4, -0.2) is 35.9 Å². The Morgan fingerprint density at radius 3 is 2.22 bits per heavy atom. The Morgan fingerprint density at radius 2 is 1.62 bits per heavy atom. The van der Waals surface area contributed by atoms with E-state index in [-0.39, 0.29) is 24.3 Å². The number of carbonyl (C=O) groups is 2. The Kier molecular flexibility index (Phi) is 8.72. The summed E-state index contributed by atoms with van der Waals surface area (Å²) in [7, 11) is 1.63. The maximum Gasteiger partial charge on any atom is 0.243 e. The van der Waals surface area contributed by atoms with Crippen molar-refractivity contribution in [2.75, 3.05) is 7.11 Å². The van der Waals surface area contributed by atoms with E-state index in [4.69, 9.17) is 4.74 Å². The van der Waals surface area contributed by atoms with Gasteiger partial charge in [0, 0.05) is 12.6 Å². The molecular weight excluding hydrogens is 400 g/mol. The Bertz CT molecular complexity index is 871. The van der Waals surface area contributed by atoms with Crippen LogP contribution >= 0.6 is 0 Å². The first kappa shape index (κ1) is 23.8. The average Bonchev–Trinajstić information content (AvgIpc) is 2.81. The topological polar surface area (TPSA) is 58.6 Å². The van der Waals surface area contributed by atoms with Gasteiger partial charge in [0.1, 0.15) is 11.8 Å². The maximum atomic E-state index is 13.5. The lowest BCUT2D eigenvalue weighted by Crippen LogP contribution is -2.51. The van der Waals surface area contributed by atoms with Gasteiger partial charge in [-0.25, -0.2) is 0 Å². The van der Waals surface area contributed by atoms with Crippen LogP contribution < -0.4 is 10.1 Å². The molecule has 0 bridgehead atoms. The fraction of sp³-hybridized carbons (Fsp3) is 0.481. The highest BCUT2D eigenvalue weighted by molar-refractivity contribution is 5.88. The predicted octanol–water partition coefficient (Wildman–Crippen LogP) is 4.80. The number of rotatable bonds is 9. The van der Waals surface area contributed by atoms with Crippen LogP contribution in [0.15, 0.2) is 48.5 Å². The summed E-state index contributed by atoms with van der Waals surface area (Å²) in [5.74, 6) is 0.687. The summed E-state index contributed by atoms with van der Waals surface area (Å²) < 4.78 is 5.22. The van der Waals surface area contributed by atoms with Crippen molar-refractivity contribution < 1.29 is 14.3 Å². The molecule has 1 saturated carbocycles. The van der Waals surface area contributed by atoms with Crippen LogP contribution in [0.3, 0.4) is 0 Å². The molecule has 1 aliphatic rings. The second-order valence-corrected chi connectivity index (χ2v) is 8.80. The molecule has 2 aromatic carbocycles. The summed E-state index contributed by atoms with van der Waals surface area (Å²) in [6, 6.07) is 15.4. The van der Waals surface area contributed by atoms with Crippen molar-refractivity contribution >= 4 is 11.8 Å². The second kappa shape index (κ2) is 11.7. The highest BCUT2D eigenvalue weighted by Gasteiger charge is 2.30. The van der Waals surface area contributed by atoms with E-state index in [0.29, 0.717) is 13.0 Å². The van der Waals surface area contributed by atoms with Crippen LogP contribution in [0.2, 0.25) is 0 Å². The minimum Gasteiger partial charge on any atom is -0.497 e. The van der Waals surface area contributed by atoms with Gasteiger partial charge in [0.05, 0.1) is 13.5 Å². The van der Waals surface area contributed by atoms with E-state index in [1.54, 1.807) is 12.0 Å². The van der Waals surface area contributed by atoms with Crippen LogP contribution in [0.25, 0.3) is 0 Å². The first-order chi connectivity index (χ1) is 15.5. The molecule has 0 saturated heterocycles. The van der Waals surface area contributed by atoms with E-state index in [0.717, 1.165) is 42.6 Å². The molecule has 0 heterocycles. The quantitative estimate of drug-likeness (QED) is 0.614. The summed E-state index contributed by atoms with van der Waals surface area (Å²) >= 11 is 0. The van der Waals surface area contributed by atoms with Crippen LogP contribution in [-0.2, 0) is 22.6 Å². The average molecular weight is 437 g/mol. The number of methoxy groups -OCH3 is 1. The number of nitrogens with zero attached hydrogens (tertiary/aromatic N) is 1. The summed E-state index contributed by atoms with van der Waals surface area (Å²) in [6.07, 6.45) is 6.45. The first-order valence-corrected chi connectivity index (χ1v) is 11.8. The number of amides is 2. The Morgan fingerprint density at radius 1 is 1.00 bits per heavy atom. The molecule has 0 aliphatic heterocycles. The van der Waals surface area contributed by atoms with E-state index >= 15 is 0 Å². The van der Waals surface area contributed by atoms with Gasteiger partial charge in [-0.3, -0.25) is 9.59 Å². The predicted molar refractivity (Wildman–Crippen MR) is 128 cm³/mol. The fourth-order valence-electron chi connectivity index (χ4n) is 4.37. The van der Waals surface area contributed by atoms with Gasteiger partial charge < -0.3 is 15.0 Å². The van der Waals surface area contributed by atoms with E-state index in [9.17, 15) is 9.59 Å². The molecule has 0 aromatic heterocycles. The molecule has 1 N–H and O–H groups in total. The van der Waals surface area contributed by atoms with Crippen molar-refractivity contribution in [1.29, 1.82) is 0 Å². The fourth-order valence-corrected chi connectivity index (χ4v) is 4.37. The lowest BCUT2D eigenvalue weighted by molar-refractivity contribution is -0.141. The van der Waals surface area contributed by atoms with Crippen LogP contribution in [0.4, 0.5) is 0 Å². The van der Waals surface area contributed by atoms with Gasteiger partial charge in [-0.1, -0.05) is 68.1 Å². The van der Waals surface area contributed by atoms with E-state index in [1.165, 1.54) is 12.0 Å². The first-order valence-electron chi connectivity index (χ1n) is 11.8. The highest BCUT2D eigenvalue weighted by atomic mass is 16.5. The molecule has 3 rings (SSSR count). The number of aryl methyl sites for hydroxylation is 1. The molecule has 1 fully saturated rings. The van der Waals surface area contributed by atoms with Gasteiger partial charge in [0.15, 0.2) is 0 Å². The molecule has 0 spiro atoms. The van der Waals surface area contributed by atoms with Gasteiger partial charge >= 0.3 is 0 Å². The zero-order valence-corrected chi connectivity index (χ0v) is 19.6. The van der Waals surface area contributed by atoms with Gasteiger partial charge in [-0.15, -0.1) is 0 Å². The molecule has 1 aliphatic carbocycles. The normalized spacial score (nSPS) is 15.1. The summed E-state index contributed by atoms with van der Waals surface area (Å²) in [5.41, 5.74) is 3.11. The lowest BCUT2D eigenvalue weighted by Gasteiger charge is -2.33. The van der Waals surface area contributed by atoms with Crippen LogP contribution in [0.1, 0.15) is 62.1 Å². The third kappa shape index (κ3) is 6.59. The van der Waals surface area contributed by atoms with Crippen molar-refractivity contribution in [2.45, 2.75) is 77.4 Å². The monoisotopic (exact) mass is 436 g/mol. The van der Waals surface area contributed by atoms with Crippen molar-refractivity contribution in [1.82, 2.24) is 10.2 Å². The summed E-state index contributed by atoms with van der Waals surface area (Å²) in [6.45, 7) is 4.45. The second-order valence-electron chi connectivity index (χ2n) is 8.80. The maximum absolute atomic E-state index is 13.5. The zero-order valence-electron chi connectivity index (χ0n) is 19.6. The Hall–Kier alpha value is -2.82. The Labute approximate surface area is 192 Å². The lowest BCUT2D eigenvalue weighted by atomic mass is 9.95. The van der Waals surface area contributed by atoms with Crippen molar-refractivity contribution in [3.05, 3.63) is 65.2 Å². The molecule has 2 amide bonds. The van der Waals surface area contributed by atoms with Crippen molar-refractivity contribution in [3.63, 3.8) is 0 Å². The Balaban J connectivity index is 1.78. The molecule has 172 valence electrons. The number of carbonyl (C=O) groups excluding carboxylic acids is 2. The SMILES string of the molecule is CC[C@H](C(=O)NC1CCCCC1)N(Cc1ccc(C)cc1)C(=O)Cc1ccc(OC)cc1. The highest BCUT2D eigenvalue weighted by Crippen LogP contribution is 2.20. The van der Waals surface area contributed by atoms with Gasteiger partial charge in [0.2, 0.25) is 11.8 Å². The van der Waals surface area contributed by atoms with Gasteiger partial charge in [-0.05, 0) is 49.4 Å². The molecular formula is C27H36N2O3. The number of hydrogen-bond donors (Lipinski definition) is 1. The number of benzene rings is 2. The van der Waals surface area contributed by atoms with Crippen molar-refractivity contribution in [2.24, 2.45) is 0 Å². The molecule has 5 heteroatoms. The van der Waals surface area contributed by atoms with Gasteiger partial charge in [-0.2, -0.15) is 0 Å². The van der Waals surface area contributed by atoms with Crippen LogP contribution in [0, 0.1) is 6.92 Å². The van der Waals surface area contributed by atoms with E-state index in [2.05, 4.69) is 5.32 Å². The van der Waals surface area contributed by atoms with Crippen LogP contribution in [0.5, 0.6) is 5.75 Å². The smallest absolute Gasteiger partial charge is 0.243 e. The molecule has 0 unspecified atom stereocenters. The summed E-state index contributed by atoms with van der Waals surface area (Å²) in [5, 5.41) is 3.23. The number of ether oxygens (including phenoxy) is 1. The number of nitrogens with one attached hydrogen (secondary N) is 1. The minimum atomic E-state index is -0.482. The molecule has 5 nitrogen and oxygen atoms in total. The standard InChI is InChI=1S/C27H36N2O3/c1-4-25(27(31)28-23-8-6-5-7-9-23)29(19-22-12-10-20(2)11-13-22)26(30)18-21-14-16-24(32-3)17-15-21/h10-17,23,25H,4-9,18-19H2,1-3H3,(H,28,31)/t25-/m1/s1. The molecule has 1 atom stereocenters. The third-order valence-corrected chi connectivity index (χ3v) is 6.33. The molecule has 32 heavy (non-hydrogen) atoms. The van der Waals surface area contributed by atoms with E-state index < -0.39 is 6.04 Å². The third-order valence-electron chi connectivity index (χ3n) is 6.33. The number of hydrogen-bond acceptors (Lipinski definition) is 3. The zero-order chi connectivity index (χ0) is 22.9. The van der Waals surface area contributed by atoms with E-state index in [1.807, 2.05) is 62.4 Å². The molecule has 2 aromatic rings. The van der Waals surface area contributed by atoms with Crippen molar-refractivity contribution in [3.8, 4) is 5.75 Å².